The quantitative estimate of drug-likeness (QED) is 0.907. The van der Waals surface area contributed by atoms with Crippen LogP contribution in [0, 0.1) is 17.7 Å². The number of aromatic nitrogens is 1. The number of rotatable bonds is 4. The van der Waals surface area contributed by atoms with Crippen molar-refractivity contribution < 1.29 is 19.1 Å². The number of piperidine rings is 1. The Hall–Kier alpha value is -2.28. The van der Waals surface area contributed by atoms with E-state index in [0.29, 0.717) is 42.2 Å². The minimum Gasteiger partial charge on any atom is -0.481 e. The van der Waals surface area contributed by atoms with E-state index in [4.69, 9.17) is 0 Å². The molecule has 3 rings (SSSR count). The minimum atomic E-state index is -0.805. The van der Waals surface area contributed by atoms with Crippen molar-refractivity contribution in [2.45, 2.75) is 19.8 Å². The molecule has 1 N–H and O–H groups in total. The summed E-state index contributed by atoms with van der Waals surface area (Å²) in [5.41, 5.74) is 0.893. The fraction of sp³-hybridized carbons (Fsp3) is 0.389. The molecule has 1 aliphatic heterocycles. The molecule has 1 fully saturated rings. The number of aliphatic carboxylic acids is 1. The average molecular weight is 362 g/mol. The first kappa shape index (κ1) is 17.5. The molecule has 1 saturated heterocycles. The van der Waals surface area contributed by atoms with Crippen molar-refractivity contribution in [3.8, 4) is 0 Å². The van der Waals surface area contributed by atoms with Gasteiger partial charge in [0, 0.05) is 24.9 Å². The maximum Gasteiger partial charge on any atom is 0.306 e. The molecule has 0 aliphatic carbocycles. The average Bonchev–Trinajstić information content (AvgIpc) is 3.04. The monoisotopic (exact) mass is 362 g/mol. The standard InChI is InChI=1S/C18H19FN2O3S/c1-11-9-21(7-6-13(11)18(23)24)17(22)15-10-25-16(20-15)8-12-4-2-3-5-14(12)19/h2-5,10-11,13H,6-9H2,1H3,(H,23,24). The molecule has 7 heteroatoms. The zero-order chi connectivity index (χ0) is 18.0. The molecule has 25 heavy (non-hydrogen) atoms. The molecule has 1 aromatic carbocycles. The number of carboxylic acids is 1. The van der Waals surface area contributed by atoms with Crippen LogP contribution in [0.25, 0.3) is 0 Å². The first-order valence-electron chi connectivity index (χ1n) is 8.15. The Labute approximate surface area is 149 Å². The van der Waals surface area contributed by atoms with Crippen LogP contribution >= 0.6 is 11.3 Å². The highest BCUT2D eigenvalue weighted by molar-refractivity contribution is 7.09. The second kappa shape index (κ2) is 7.31. The van der Waals surface area contributed by atoms with E-state index >= 15 is 0 Å². The summed E-state index contributed by atoms with van der Waals surface area (Å²) >= 11 is 1.33. The van der Waals surface area contributed by atoms with Crippen LogP contribution in [0.1, 0.15) is 34.4 Å². The van der Waals surface area contributed by atoms with Crippen molar-refractivity contribution in [1.29, 1.82) is 0 Å². The number of hydrogen-bond acceptors (Lipinski definition) is 4. The van der Waals surface area contributed by atoms with Gasteiger partial charge < -0.3 is 10.0 Å². The maximum absolute atomic E-state index is 13.7. The number of carbonyl (C=O) groups is 2. The van der Waals surface area contributed by atoms with Gasteiger partial charge in [-0.3, -0.25) is 9.59 Å². The Kier molecular flexibility index (Phi) is 5.13. The number of likely N-dealkylation sites (tertiary alicyclic amines) is 1. The number of halogens is 1. The van der Waals surface area contributed by atoms with Crippen molar-refractivity contribution in [3.63, 3.8) is 0 Å². The van der Waals surface area contributed by atoms with E-state index < -0.39 is 11.9 Å². The van der Waals surface area contributed by atoms with Crippen LogP contribution in [0.3, 0.4) is 0 Å². The SMILES string of the molecule is CC1CN(C(=O)c2csc(Cc3ccccc3F)n2)CCC1C(=O)O. The van der Waals surface area contributed by atoms with Crippen molar-refractivity contribution in [2.24, 2.45) is 11.8 Å². The molecule has 2 heterocycles. The van der Waals surface area contributed by atoms with Gasteiger partial charge in [0.1, 0.15) is 11.5 Å². The van der Waals surface area contributed by atoms with Gasteiger partial charge in [-0.15, -0.1) is 11.3 Å². The van der Waals surface area contributed by atoms with Crippen LogP contribution in [-0.2, 0) is 11.2 Å². The molecule has 2 aromatic rings. The first-order valence-corrected chi connectivity index (χ1v) is 9.03. The number of carboxylic acid groups (broad SMARTS) is 1. The molecule has 1 amide bonds. The number of benzene rings is 1. The van der Waals surface area contributed by atoms with Crippen LogP contribution < -0.4 is 0 Å². The molecule has 1 aromatic heterocycles. The Balaban J connectivity index is 1.67. The zero-order valence-electron chi connectivity index (χ0n) is 13.8. The number of hydrogen-bond donors (Lipinski definition) is 1. The summed E-state index contributed by atoms with van der Waals surface area (Å²) in [5, 5.41) is 11.5. The van der Waals surface area contributed by atoms with Crippen molar-refractivity contribution >= 4 is 23.2 Å². The van der Waals surface area contributed by atoms with Gasteiger partial charge >= 0.3 is 5.97 Å². The molecule has 0 spiro atoms. The Morgan fingerprint density at radius 3 is 2.84 bits per heavy atom. The van der Waals surface area contributed by atoms with Crippen molar-refractivity contribution in [3.05, 3.63) is 51.7 Å². The van der Waals surface area contributed by atoms with Crippen molar-refractivity contribution in [1.82, 2.24) is 9.88 Å². The van der Waals surface area contributed by atoms with Gasteiger partial charge in [0.2, 0.25) is 0 Å². The first-order chi connectivity index (χ1) is 12.0. The van der Waals surface area contributed by atoms with Crippen molar-refractivity contribution in [2.75, 3.05) is 13.1 Å². The lowest BCUT2D eigenvalue weighted by Crippen LogP contribution is -2.45. The van der Waals surface area contributed by atoms with E-state index in [0.717, 1.165) is 0 Å². The summed E-state index contributed by atoms with van der Waals surface area (Å²) in [4.78, 5) is 29.8. The third-order valence-corrected chi connectivity index (χ3v) is 5.43. The van der Waals surface area contributed by atoms with E-state index in [1.165, 1.54) is 17.4 Å². The zero-order valence-corrected chi connectivity index (χ0v) is 14.6. The molecular formula is C18H19FN2O3S. The van der Waals surface area contributed by atoms with Gasteiger partial charge in [0.05, 0.1) is 10.9 Å². The third kappa shape index (κ3) is 3.87. The number of nitrogens with zero attached hydrogens (tertiary/aromatic N) is 2. The van der Waals surface area contributed by atoms with Gasteiger partial charge in [-0.05, 0) is 24.0 Å². The molecule has 132 valence electrons. The summed E-state index contributed by atoms with van der Waals surface area (Å²) in [5.74, 6) is -1.77. The fourth-order valence-electron chi connectivity index (χ4n) is 3.15. The molecule has 0 bridgehead atoms. The second-order valence-electron chi connectivity index (χ2n) is 6.36. The predicted octanol–water partition coefficient (Wildman–Crippen LogP) is 3.06. The topological polar surface area (TPSA) is 70.5 Å². The molecular weight excluding hydrogens is 343 g/mol. The smallest absolute Gasteiger partial charge is 0.306 e. The fourth-order valence-corrected chi connectivity index (χ4v) is 3.94. The van der Waals surface area contributed by atoms with Crippen LogP contribution in [0.2, 0.25) is 0 Å². The molecule has 1 aliphatic rings. The van der Waals surface area contributed by atoms with Crippen LogP contribution in [0.4, 0.5) is 4.39 Å². The summed E-state index contributed by atoms with van der Waals surface area (Å²) in [6, 6.07) is 6.52. The van der Waals surface area contributed by atoms with E-state index in [-0.39, 0.29) is 17.6 Å². The van der Waals surface area contributed by atoms with E-state index in [9.17, 15) is 19.1 Å². The lowest BCUT2D eigenvalue weighted by Gasteiger charge is -2.34. The molecule has 0 radical (unpaired) electrons. The molecule has 2 unspecified atom stereocenters. The number of amides is 1. The lowest BCUT2D eigenvalue weighted by molar-refractivity contribution is -0.145. The highest BCUT2D eigenvalue weighted by Crippen LogP contribution is 2.25. The van der Waals surface area contributed by atoms with Crippen LogP contribution in [0.5, 0.6) is 0 Å². The molecule has 2 atom stereocenters. The summed E-state index contributed by atoms with van der Waals surface area (Å²) in [6.07, 6.45) is 0.802. The second-order valence-corrected chi connectivity index (χ2v) is 7.30. The van der Waals surface area contributed by atoms with E-state index in [1.54, 1.807) is 28.5 Å². The van der Waals surface area contributed by atoms with Gasteiger partial charge in [0.25, 0.3) is 5.91 Å². The Morgan fingerprint density at radius 2 is 2.16 bits per heavy atom. The summed E-state index contributed by atoms with van der Waals surface area (Å²) in [7, 11) is 0. The normalized spacial score (nSPS) is 20.5. The van der Waals surface area contributed by atoms with Gasteiger partial charge in [-0.25, -0.2) is 9.37 Å². The van der Waals surface area contributed by atoms with Gasteiger partial charge in [0.15, 0.2) is 0 Å². The summed E-state index contributed by atoms with van der Waals surface area (Å²) < 4.78 is 13.7. The maximum atomic E-state index is 13.7. The van der Waals surface area contributed by atoms with Gasteiger partial charge in [-0.1, -0.05) is 25.1 Å². The van der Waals surface area contributed by atoms with Crippen LogP contribution in [0.15, 0.2) is 29.6 Å². The Bertz CT molecular complexity index is 792. The van der Waals surface area contributed by atoms with E-state index in [2.05, 4.69) is 4.98 Å². The number of thiazole rings is 1. The Morgan fingerprint density at radius 1 is 1.40 bits per heavy atom. The van der Waals surface area contributed by atoms with Crippen LogP contribution in [-0.4, -0.2) is 40.0 Å². The molecule has 5 nitrogen and oxygen atoms in total. The number of carbonyl (C=O) groups excluding carboxylic acids is 1. The predicted molar refractivity (Wildman–Crippen MR) is 92.1 cm³/mol. The largest absolute Gasteiger partial charge is 0.481 e. The van der Waals surface area contributed by atoms with Gasteiger partial charge in [-0.2, -0.15) is 0 Å². The molecule has 0 saturated carbocycles. The highest BCUT2D eigenvalue weighted by atomic mass is 32.1. The summed E-state index contributed by atoms with van der Waals surface area (Å²) in [6.45, 7) is 2.68. The minimum absolute atomic E-state index is 0.0910. The third-order valence-electron chi connectivity index (χ3n) is 4.58. The highest BCUT2D eigenvalue weighted by Gasteiger charge is 2.33. The van der Waals surface area contributed by atoms with E-state index in [1.807, 2.05) is 6.92 Å². The lowest BCUT2D eigenvalue weighted by atomic mass is 9.87.